The van der Waals surface area contributed by atoms with Gasteiger partial charge in [-0.15, -0.1) is 0 Å². The lowest BCUT2D eigenvalue weighted by atomic mass is 10.1. The highest BCUT2D eigenvalue weighted by Crippen LogP contribution is 2.18. The standard InChI is InChI=1S/C20H19NO3/c1-14-6-8-15(9-7-14)18(22)10-11-20(23)21-13-17-12-16-4-2-3-5-19(16)24-17/h2-9,12H,10-11,13H2,1H3,(H,21,23). The molecule has 0 saturated carbocycles. The number of Topliss-reactive ketones (excluding diaryl/α,β-unsaturated/α-hetero) is 1. The average molecular weight is 321 g/mol. The van der Waals surface area contributed by atoms with Crippen molar-refractivity contribution in [1.82, 2.24) is 5.32 Å². The number of hydrogen-bond donors (Lipinski definition) is 1. The number of para-hydroxylation sites is 1. The molecule has 3 aromatic rings. The quantitative estimate of drug-likeness (QED) is 0.698. The first kappa shape index (κ1) is 16.0. The summed E-state index contributed by atoms with van der Waals surface area (Å²) in [6.07, 6.45) is 0.377. The normalized spacial score (nSPS) is 10.7. The Morgan fingerprint density at radius 1 is 1.00 bits per heavy atom. The summed E-state index contributed by atoms with van der Waals surface area (Å²) in [5.74, 6) is 0.527. The molecule has 1 N–H and O–H groups in total. The Morgan fingerprint density at radius 2 is 1.75 bits per heavy atom. The number of carbonyl (C=O) groups is 2. The number of carbonyl (C=O) groups excluding carboxylic acids is 2. The largest absolute Gasteiger partial charge is 0.459 e. The van der Waals surface area contributed by atoms with Crippen LogP contribution in [0, 0.1) is 6.92 Å². The Bertz CT molecular complexity index is 829. The van der Waals surface area contributed by atoms with Gasteiger partial charge in [-0.05, 0) is 19.1 Å². The predicted molar refractivity (Wildman–Crippen MR) is 92.8 cm³/mol. The number of benzene rings is 2. The van der Waals surface area contributed by atoms with Crippen molar-refractivity contribution < 1.29 is 14.0 Å². The van der Waals surface area contributed by atoms with Gasteiger partial charge in [-0.1, -0.05) is 48.0 Å². The van der Waals surface area contributed by atoms with Gasteiger partial charge in [0.05, 0.1) is 6.54 Å². The van der Waals surface area contributed by atoms with Crippen LogP contribution in [0.15, 0.2) is 59.0 Å². The highest BCUT2D eigenvalue weighted by Gasteiger charge is 2.10. The fraction of sp³-hybridized carbons (Fsp3) is 0.200. The molecule has 0 atom stereocenters. The number of ketones is 1. The summed E-state index contributed by atoms with van der Waals surface area (Å²) in [5.41, 5.74) is 2.55. The van der Waals surface area contributed by atoms with Crippen LogP contribution in [-0.4, -0.2) is 11.7 Å². The lowest BCUT2D eigenvalue weighted by Crippen LogP contribution is -2.23. The van der Waals surface area contributed by atoms with Crippen molar-refractivity contribution in [1.29, 1.82) is 0 Å². The predicted octanol–water partition coefficient (Wildman–Crippen LogP) is 4.02. The third kappa shape index (κ3) is 3.90. The summed E-state index contributed by atoms with van der Waals surface area (Å²) >= 11 is 0. The van der Waals surface area contributed by atoms with E-state index >= 15 is 0 Å². The number of hydrogen-bond acceptors (Lipinski definition) is 3. The van der Waals surface area contributed by atoms with Gasteiger partial charge in [0.2, 0.25) is 5.91 Å². The molecule has 0 bridgehead atoms. The van der Waals surface area contributed by atoms with Gasteiger partial charge in [0.15, 0.2) is 5.78 Å². The maximum absolute atomic E-state index is 12.1. The van der Waals surface area contributed by atoms with Gasteiger partial charge >= 0.3 is 0 Å². The lowest BCUT2D eigenvalue weighted by Gasteiger charge is -2.04. The van der Waals surface area contributed by atoms with Gasteiger partial charge in [0.25, 0.3) is 0 Å². The van der Waals surface area contributed by atoms with Gasteiger partial charge in [0.1, 0.15) is 11.3 Å². The average Bonchev–Trinajstić information content (AvgIpc) is 3.01. The van der Waals surface area contributed by atoms with Crippen LogP contribution >= 0.6 is 0 Å². The first-order valence-electron chi connectivity index (χ1n) is 7.96. The Morgan fingerprint density at radius 3 is 2.50 bits per heavy atom. The molecule has 3 rings (SSSR count). The fourth-order valence-electron chi connectivity index (χ4n) is 2.51. The molecule has 4 heteroatoms. The summed E-state index contributed by atoms with van der Waals surface area (Å²) in [4.78, 5) is 24.0. The topological polar surface area (TPSA) is 59.3 Å². The van der Waals surface area contributed by atoms with Crippen LogP contribution in [0.1, 0.15) is 34.5 Å². The molecule has 0 radical (unpaired) electrons. The number of nitrogens with one attached hydrogen (secondary N) is 1. The first-order valence-corrected chi connectivity index (χ1v) is 7.96. The van der Waals surface area contributed by atoms with Crippen molar-refractivity contribution in [2.24, 2.45) is 0 Å². The second-order valence-corrected chi connectivity index (χ2v) is 5.82. The first-order chi connectivity index (χ1) is 11.6. The molecule has 0 aliphatic carbocycles. The molecule has 0 aliphatic rings. The van der Waals surface area contributed by atoms with Crippen molar-refractivity contribution in [3.05, 3.63) is 71.5 Å². The lowest BCUT2D eigenvalue weighted by molar-refractivity contribution is -0.121. The molecule has 2 aromatic carbocycles. The van der Waals surface area contributed by atoms with E-state index in [9.17, 15) is 9.59 Å². The van der Waals surface area contributed by atoms with Crippen LogP contribution in [0.2, 0.25) is 0 Å². The third-order valence-corrected chi connectivity index (χ3v) is 3.89. The molecule has 122 valence electrons. The van der Waals surface area contributed by atoms with Gasteiger partial charge in [-0.3, -0.25) is 9.59 Å². The molecule has 1 amide bonds. The number of fused-ring (bicyclic) bond motifs is 1. The van der Waals surface area contributed by atoms with Crippen LogP contribution < -0.4 is 5.32 Å². The van der Waals surface area contributed by atoms with Gasteiger partial charge < -0.3 is 9.73 Å². The van der Waals surface area contributed by atoms with E-state index in [4.69, 9.17) is 4.42 Å². The number of rotatable bonds is 6. The summed E-state index contributed by atoms with van der Waals surface area (Å²) in [6.45, 7) is 2.30. The molecule has 0 unspecified atom stereocenters. The SMILES string of the molecule is Cc1ccc(C(=O)CCC(=O)NCc2cc3ccccc3o2)cc1. The van der Waals surface area contributed by atoms with Crippen LogP contribution in [0.4, 0.5) is 0 Å². The fourth-order valence-corrected chi connectivity index (χ4v) is 2.51. The second-order valence-electron chi connectivity index (χ2n) is 5.82. The molecule has 0 fully saturated rings. The van der Waals surface area contributed by atoms with E-state index in [-0.39, 0.29) is 24.5 Å². The Labute approximate surface area is 140 Å². The molecular formula is C20H19NO3. The summed E-state index contributed by atoms with van der Waals surface area (Å²) in [5, 5.41) is 3.80. The van der Waals surface area contributed by atoms with Crippen LogP contribution in [0.25, 0.3) is 11.0 Å². The molecular weight excluding hydrogens is 302 g/mol. The monoisotopic (exact) mass is 321 g/mol. The minimum Gasteiger partial charge on any atom is -0.459 e. The zero-order chi connectivity index (χ0) is 16.9. The van der Waals surface area contributed by atoms with Gasteiger partial charge in [-0.2, -0.15) is 0 Å². The van der Waals surface area contributed by atoms with Crippen LogP contribution in [0.5, 0.6) is 0 Å². The molecule has 1 heterocycles. The molecule has 0 saturated heterocycles. The van der Waals surface area contributed by atoms with Crippen molar-refractivity contribution in [2.75, 3.05) is 0 Å². The van der Waals surface area contributed by atoms with E-state index in [1.165, 1.54) is 0 Å². The maximum atomic E-state index is 12.1. The smallest absolute Gasteiger partial charge is 0.220 e. The summed E-state index contributed by atoms with van der Waals surface area (Å²) < 4.78 is 5.64. The molecule has 0 aliphatic heterocycles. The number of amides is 1. The molecule has 24 heavy (non-hydrogen) atoms. The molecule has 4 nitrogen and oxygen atoms in total. The van der Waals surface area contributed by atoms with Crippen molar-refractivity contribution in [3.8, 4) is 0 Å². The van der Waals surface area contributed by atoms with E-state index in [2.05, 4.69) is 5.32 Å². The third-order valence-electron chi connectivity index (χ3n) is 3.89. The van der Waals surface area contributed by atoms with Crippen LogP contribution in [0.3, 0.4) is 0 Å². The highest BCUT2D eigenvalue weighted by molar-refractivity contribution is 5.97. The van der Waals surface area contributed by atoms with Crippen molar-refractivity contribution >= 4 is 22.7 Å². The van der Waals surface area contributed by atoms with E-state index in [1.54, 1.807) is 12.1 Å². The molecule has 1 aromatic heterocycles. The molecule has 0 spiro atoms. The number of furan rings is 1. The van der Waals surface area contributed by atoms with E-state index in [0.717, 1.165) is 16.5 Å². The Kier molecular flexibility index (Phi) is 4.75. The minimum absolute atomic E-state index is 0.0195. The summed E-state index contributed by atoms with van der Waals surface area (Å²) in [7, 11) is 0. The van der Waals surface area contributed by atoms with Gasteiger partial charge in [0, 0.05) is 23.8 Å². The highest BCUT2D eigenvalue weighted by atomic mass is 16.3. The zero-order valence-electron chi connectivity index (χ0n) is 13.5. The maximum Gasteiger partial charge on any atom is 0.220 e. The van der Waals surface area contributed by atoms with E-state index in [0.29, 0.717) is 17.9 Å². The zero-order valence-corrected chi connectivity index (χ0v) is 13.5. The second kappa shape index (κ2) is 7.13. The Balaban J connectivity index is 1.48. The summed E-state index contributed by atoms with van der Waals surface area (Å²) in [6, 6.07) is 17.0. The van der Waals surface area contributed by atoms with Gasteiger partial charge in [-0.25, -0.2) is 0 Å². The van der Waals surface area contributed by atoms with Crippen LogP contribution in [-0.2, 0) is 11.3 Å². The van der Waals surface area contributed by atoms with Crippen molar-refractivity contribution in [3.63, 3.8) is 0 Å². The number of aryl methyl sites for hydroxylation is 1. The Hall–Kier alpha value is -2.88. The van der Waals surface area contributed by atoms with Crippen molar-refractivity contribution in [2.45, 2.75) is 26.3 Å². The minimum atomic E-state index is -0.157. The van der Waals surface area contributed by atoms with E-state index < -0.39 is 0 Å². The van der Waals surface area contributed by atoms with E-state index in [1.807, 2.05) is 49.4 Å².